The highest BCUT2D eigenvalue weighted by Crippen LogP contribution is 2.29. The van der Waals surface area contributed by atoms with Crippen molar-refractivity contribution in [1.82, 2.24) is 30.2 Å². The molecular weight excluding hydrogens is 492 g/mol. The van der Waals surface area contributed by atoms with E-state index >= 15 is 0 Å². The van der Waals surface area contributed by atoms with Crippen molar-refractivity contribution in [2.24, 2.45) is 0 Å². The number of aromatic carboxylic acids is 1. The lowest BCUT2D eigenvalue weighted by molar-refractivity contribution is 0.0697. The van der Waals surface area contributed by atoms with Gasteiger partial charge in [-0.3, -0.25) is 9.36 Å². The number of hydrogen-bond donors (Lipinski definition) is 2. The molecule has 0 radical (unpaired) electrons. The zero-order chi connectivity index (χ0) is 27.4. The Hall–Kier alpha value is -4.92. The lowest BCUT2D eigenvalue weighted by Gasteiger charge is -2.16. The van der Waals surface area contributed by atoms with Gasteiger partial charge in [-0.15, -0.1) is 10.2 Å². The summed E-state index contributed by atoms with van der Waals surface area (Å²) >= 11 is 0. The van der Waals surface area contributed by atoms with E-state index in [0.717, 1.165) is 40.1 Å². The molecule has 0 aliphatic carbocycles. The van der Waals surface area contributed by atoms with Gasteiger partial charge in [-0.05, 0) is 52.9 Å². The molecule has 5 aromatic rings. The van der Waals surface area contributed by atoms with E-state index in [2.05, 4.69) is 27.5 Å². The van der Waals surface area contributed by atoms with Crippen molar-refractivity contribution in [2.45, 2.75) is 39.7 Å². The van der Waals surface area contributed by atoms with Gasteiger partial charge < -0.3 is 5.11 Å². The van der Waals surface area contributed by atoms with Crippen LogP contribution in [0.15, 0.2) is 77.6 Å². The summed E-state index contributed by atoms with van der Waals surface area (Å²) in [6.07, 6.45) is 1.95. The Morgan fingerprint density at radius 3 is 2.28 bits per heavy atom. The normalized spacial score (nSPS) is 11.0. The Balaban J connectivity index is 1.45. The summed E-state index contributed by atoms with van der Waals surface area (Å²) in [5.74, 6) is 0.313. The maximum atomic E-state index is 13.7. The van der Waals surface area contributed by atoms with Gasteiger partial charge in [-0.25, -0.2) is 9.78 Å². The number of tetrazole rings is 1. The summed E-state index contributed by atoms with van der Waals surface area (Å²) in [5, 5.41) is 23.6. The van der Waals surface area contributed by atoms with Crippen molar-refractivity contribution < 1.29 is 9.90 Å². The summed E-state index contributed by atoms with van der Waals surface area (Å²) in [6, 6.07) is 22.6. The van der Waals surface area contributed by atoms with E-state index in [0.29, 0.717) is 36.5 Å². The zero-order valence-corrected chi connectivity index (χ0v) is 21.8. The van der Waals surface area contributed by atoms with Crippen molar-refractivity contribution in [3.05, 3.63) is 117 Å². The molecule has 0 spiro atoms. The third kappa shape index (κ3) is 5.52. The second-order valence-corrected chi connectivity index (χ2v) is 9.39. The number of hydrogen-bond acceptors (Lipinski definition) is 6. The van der Waals surface area contributed by atoms with E-state index < -0.39 is 5.97 Å². The lowest BCUT2D eigenvalue weighted by atomic mass is 9.98. The molecule has 0 bridgehead atoms. The molecular formula is C30H28N6O3. The Kier molecular flexibility index (Phi) is 7.40. The summed E-state index contributed by atoms with van der Waals surface area (Å²) in [6.45, 7) is 4.33. The second kappa shape index (κ2) is 11.2. The van der Waals surface area contributed by atoms with Crippen LogP contribution in [0, 0.1) is 6.92 Å². The first kappa shape index (κ1) is 25.7. The van der Waals surface area contributed by atoms with Crippen molar-refractivity contribution in [3.8, 4) is 22.5 Å². The van der Waals surface area contributed by atoms with E-state index in [4.69, 9.17) is 4.98 Å². The van der Waals surface area contributed by atoms with Crippen LogP contribution in [-0.2, 0) is 19.4 Å². The average Bonchev–Trinajstić information content (AvgIpc) is 3.49. The Labute approximate surface area is 225 Å². The van der Waals surface area contributed by atoms with Gasteiger partial charge in [-0.2, -0.15) is 5.21 Å². The number of rotatable bonds is 9. The van der Waals surface area contributed by atoms with Gasteiger partial charge in [0.05, 0.1) is 12.1 Å². The fourth-order valence-electron chi connectivity index (χ4n) is 4.68. The molecule has 5 rings (SSSR count). The molecule has 0 atom stereocenters. The quantitative estimate of drug-likeness (QED) is 0.289. The van der Waals surface area contributed by atoms with Crippen molar-refractivity contribution >= 4 is 5.97 Å². The maximum absolute atomic E-state index is 13.7. The lowest BCUT2D eigenvalue weighted by Crippen LogP contribution is -2.30. The average molecular weight is 521 g/mol. The molecule has 2 N–H and O–H groups in total. The molecule has 39 heavy (non-hydrogen) atoms. The van der Waals surface area contributed by atoms with Crippen LogP contribution in [-0.4, -0.2) is 41.3 Å². The van der Waals surface area contributed by atoms with Crippen LogP contribution in [0.25, 0.3) is 22.5 Å². The van der Waals surface area contributed by atoms with Gasteiger partial charge in [-0.1, -0.05) is 67.6 Å². The molecule has 0 aliphatic heterocycles. The Morgan fingerprint density at radius 2 is 1.64 bits per heavy atom. The molecule has 196 valence electrons. The van der Waals surface area contributed by atoms with E-state index in [1.54, 1.807) is 28.8 Å². The second-order valence-electron chi connectivity index (χ2n) is 9.39. The van der Waals surface area contributed by atoms with E-state index in [1.807, 2.05) is 55.5 Å². The first-order valence-electron chi connectivity index (χ1n) is 12.8. The standard InChI is InChI=1S/C30H28N6O3/c1-3-6-27-31-19(2)26(17-20-9-15-23(16-10-20)30(38)39)29(37)36(27)18-21-11-13-22(14-12-21)24-7-4-5-8-25(24)28-32-34-35-33-28/h4-5,7-16H,3,6,17-18H2,1-2H3,(H,38,39)(H,32,33,34,35). The monoisotopic (exact) mass is 520 g/mol. The number of nitrogens with one attached hydrogen (secondary N) is 1. The first-order chi connectivity index (χ1) is 18.9. The number of carboxylic acid groups (broad SMARTS) is 1. The van der Waals surface area contributed by atoms with Crippen molar-refractivity contribution in [1.29, 1.82) is 0 Å². The van der Waals surface area contributed by atoms with Gasteiger partial charge in [0.25, 0.3) is 5.56 Å². The molecule has 2 heterocycles. The SMILES string of the molecule is CCCc1nc(C)c(Cc2ccc(C(=O)O)cc2)c(=O)n1Cc1ccc(-c2ccccc2-c2nn[nH]n2)cc1. The van der Waals surface area contributed by atoms with Crippen LogP contribution in [0.4, 0.5) is 0 Å². The number of aryl methyl sites for hydroxylation is 2. The topological polar surface area (TPSA) is 127 Å². The van der Waals surface area contributed by atoms with Gasteiger partial charge in [0.1, 0.15) is 5.82 Å². The number of benzene rings is 3. The van der Waals surface area contributed by atoms with Crippen molar-refractivity contribution in [3.63, 3.8) is 0 Å². The predicted octanol–water partition coefficient (Wildman–Crippen LogP) is 4.69. The van der Waals surface area contributed by atoms with Crippen LogP contribution in [0.1, 0.15) is 51.9 Å². The first-order valence-corrected chi connectivity index (χ1v) is 12.8. The van der Waals surface area contributed by atoms with Crippen LogP contribution < -0.4 is 5.56 Å². The number of aromatic nitrogens is 6. The van der Waals surface area contributed by atoms with Crippen LogP contribution in [0.5, 0.6) is 0 Å². The van der Waals surface area contributed by atoms with Crippen LogP contribution in [0.3, 0.4) is 0 Å². The number of H-pyrrole nitrogens is 1. The van der Waals surface area contributed by atoms with Gasteiger partial charge in [0, 0.05) is 29.7 Å². The van der Waals surface area contributed by atoms with Gasteiger partial charge in [0.2, 0.25) is 5.82 Å². The minimum absolute atomic E-state index is 0.0696. The molecule has 9 nitrogen and oxygen atoms in total. The molecule has 3 aromatic carbocycles. The van der Waals surface area contributed by atoms with Crippen LogP contribution >= 0.6 is 0 Å². The molecule has 0 amide bonds. The predicted molar refractivity (Wildman–Crippen MR) is 148 cm³/mol. The number of carboxylic acids is 1. The highest BCUT2D eigenvalue weighted by molar-refractivity contribution is 5.87. The summed E-state index contributed by atoms with van der Waals surface area (Å²) in [7, 11) is 0. The summed E-state index contributed by atoms with van der Waals surface area (Å²) in [4.78, 5) is 29.7. The highest BCUT2D eigenvalue weighted by Gasteiger charge is 2.16. The molecule has 0 unspecified atom stereocenters. The maximum Gasteiger partial charge on any atom is 0.335 e. The third-order valence-corrected chi connectivity index (χ3v) is 6.72. The van der Waals surface area contributed by atoms with E-state index in [9.17, 15) is 14.7 Å². The van der Waals surface area contributed by atoms with E-state index in [-0.39, 0.29) is 11.1 Å². The van der Waals surface area contributed by atoms with Crippen LogP contribution in [0.2, 0.25) is 0 Å². The van der Waals surface area contributed by atoms with Crippen molar-refractivity contribution in [2.75, 3.05) is 0 Å². The Morgan fingerprint density at radius 1 is 0.949 bits per heavy atom. The minimum Gasteiger partial charge on any atom is -0.478 e. The third-order valence-electron chi connectivity index (χ3n) is 6.72. The molecule has 0 saturated heterocycles. The minimum atomic E-state index is -0.977. The van der Waals surface area contributed by atoms with Gasteiger partial charge >= 0.3 is 5.97 Å². The molecule has 2 aromatic heterocycles. The fraction of sp³-hybridized carbons (Fsp3) is 0.200. The summed E-state index contributed by atoms with van der Waals surface area (Å²) < 4.78 is 1.76. The largest absolute Gasteiger partial charge is 0.478 e. The highest BCUT2D eigenvalue weighted by atomic mass is 16.4. The Bertz CT molecular complexity index is 1660. The smallest absolute Gasteiger partial charge is 0.335 e. The van der Waals surface area contributed by atoms with E-state index in [1.165, 1.54) is 0 Å². The molecule has 0 fully saturated rings. The van der Waals surface area contributed by atoms with Gasteiger partial charge in [0.15, 0.2) is 0 Å². The summed E-state index contributed by atoms with van der Waals surface area (Å²) in [5.41, 5.74) is 6.19. The number of carbonyl (C=O) groups is 1. The number of nitrogens with zero attached hydrogens (tertiary/aromatic N) is 5. The molecule has 9 heteroatoms. The fourth-order valence-corrected chi connectivity index (χ4v) is 4.68. The molecule has 0 saturated carbocycles. The zero-order valence-electron chi connectivity index (χ0n) is 21.8. The number of aromatic amines is 1. The molecule has 0 aliphatic rings.